The number of nitrogens with zero attached hydrogens (tertiary/aromatic N) is 4. The van der Waals surface area contributed by atoms with Crippen molar-refractivity contribution in [1.29, 1.82) is 0 Å². The molecule has 0 radical (unpaired) electrons. The molecule has 1 fully saturated rings. The summed E-state index contributed by atoms with van der Waals surface area (Å²) in [5.74, 6) is -7.71. The lowest BCUT2D eigenvalue weighted by Gasteiger charge is -2.29. The number of guanidine groups is 4. The number of rotatable bonds is 47. The third-order valence-electron chi connectivity index (χ3n) is 14.5. The summed E-state index contributed by atoms with van der Waals surface area (Å²) in [5.41, 5.74) is 55.5. The molecule has 34 nitrogen and oxygen atoms in total. The first kappa shape index (κ1) is 81.9. The van der Waals surface area contributed by atoms with Gasteiger partial charge in [0.1, 0.15) is 54.7 Å². The molecule has 0 aliphatic carbocycles. The number of hydrogen-bond donors (Lipinski definition) is 18. The molecule has 0 aromatic rings. The Bertz CT molecular complexity index is 2360. The maximum Gasteiger partial charge on any atom is 0.246 e. The fourth-order valence-corrected chi connectivity index (χ4v) is 9.49. The molecule has 1 aliphatic heterocycles. The highest BCUT2D eigenvalue weighted by atomic mass is 16.5. The maximum absolute atomic E-state index is 14.8. The van der Waals surface area contributed by atoms with Gasteiger partial charge in [0.2, 0.25) is 53.2 Å². The highest BCUT2D eigenvalue weighted by molar-refractivity contribution is 5.98. The number of primary amides is 1. The van der Waals surface area contributed by atoms with E-state index in [1.807, 2.05) is 0 Å². The predicted octanol–water partition coefficient (Wildman–Crippen LogP) is -4.19. The van der Waals surface area contributed by atoms with Crippen LogP contribution in [0.4, 0.5) is 0 Å². The van der Waals surface area contributed by atoms with E-state index in [4.69, 9.17) is 66.8 Å². The van der Waals surface area contributed by atoms with Gasteiger partial charge in [-0.2, -0.15) is 0 Å². The first-order valence-electron chi connectivity index (χ1n) is 32.2. The molecule has 1 saturated heterocycles. The number of ketones is 1. The molecule has 7 atom stereocenters. The summed E-state index contributed by atoms with van der Waals surface area (Å²) < 4.78 is 11.0. The smallest absolute Gasteiger partial charge is 0.246 e. The molecule has 0 spiro atoms. The number of hydrogen-bond acceptors (Lipinski definition) is 17. The summed E-state index contributed by atoms with van der Waals surface area (Å²) in [7, 11) is 0. The Hall–Kier alpha value is -8.14. The van der Waals surface area contributed by atoms with Crippen molar-refractivity contribution in [3.8, 4) is 0 Å². The number of nitrogens with one attached hydrogen (secondary N) is 8. The standard InChI is InChI=1S/C58H110N22O12/c1-2-3-4-5-6-7-8-25-46(82)69-29-12-10-20-40-49(85)76-41(21-13-30-70-55(61)62)50(86)77-42(22-14-31-71-56(63)64)51(87)78-43(23-15-32-72-57(65)66)52(88)79-44(24-16-33-73-58(67)68)53(89)80-45(54(90)75-40)27-26-38(81)18-17-34-91-35-36-92-37-47(83)74-39(48(60)84)19-9-11-28-59/h39-45H,2-37,59H2,1H3,(H2,60,84)(H,69,82)(H,74,83)(H,75,90)(H,76,85)(H,77,86)(H,78,87)(H,79,88)(H,80,89)(H4,61,62,70)(H4,63,64,71)(H4,65,66,72)(H4,67,68,73)/t39?,40-,41+,42-,43+,44-,45-/m0/s1. The highest BCUT2D eigenvalue weighted by Crippen LogP contribution is 2.14. The second-order valence-corrected chi connectivity index (χ2v) is 22.5. The van der Waals surface area contributed by atoms with Gasteiger partial charge in [-0.1, -0.05) is 45.4 Å². The average molecular weight is 1310 g/mol. The summed E-state index contributed by atoms with van der Waals surface area (Å²) in [6.07, 6.45) is 9.64. The number of ether oxygens (including phenoxy) is 2. The lowest BCUT2D eigenvalue weighted by atomic mass is 10.0. The molecule has 92 heavy (non-hydrogen) atoms. The van der Waals surface area contributed by atoms with E-state index in [2.05, 4.69) is 69.4 Å². The summed E-state index contributed by atoms with van der Waals surface area (Å²) in [5, 5.41) is 21.7. The number of carbonyl (C=O) groups is 10. The minimum Gasteiger partial charge on any atom is -0.379 e. The van der Waals surface area contributed by atoms with Gasteiger partial charge in [0.25, 0.3) is 0 Å². The molecule has 1 rings (SSSR count). The van der Waals surface area contributed by atoms with Gasteiger partial charge in [-0.05, 0) is 116 Å². The van der Waals surface area contributed by atoms with E-state index in [0.29, 0.717) is 38.6 Å². The van der Waals surface area contributed by atoms with Crippen molar-refractivity contribution in [2.75, 3.05) is 65.7 Å². The Morgan fingerprint density at radius 3 is 1.22 bits per heavy atom. The molecule has 28 N–H and O–H groups in total. The topological polar surface area (TPSA) is 595 Å². The molecule has 0 saturated carbocycles. The number of amides is 9. The van der Waals surface area contributed by atoms with Crippen LogP contribution in [0, 0.1) is 0 Å². The fraction of sp³-hybridized carbons (Fsp3) is 0.759. The van der Waals surface area contributed by atoms with Crippen LogP contribution in [-0.2, 0) is 57.4 Å². The maximum atomic E-state index is 14.8. The molecule has 34 heteroatoms. The van der Waals surface area contributed by atoms with Gasteiger partial charge < -0.3 is 109 Å². The van der Waals surface area contributed by atoms with Crippen molar-refractivity contribution in [1.82, 2.24) is 42.5 Å². The van der Waals surface area contributed by atoms with E-state index in [9.17, 15) is 47.9 Å². The second kappa shape index (κ2) is 50.5. The number of nitrogens with two attached hydrogens (primary N) is 10. The lowest BCUT2D eigenvalue weighted by molar-refractivity contribution is -0.137. The average Bonchev–Trinajstić information content (AvgIpc) is 1.000. The Morgan fingerprint density at radius 1 is 0.424 bits per heavy atom. The van der Waals surface area contributed by atoms with Crippen molar-refractivity contribution in [2.45, 2.75) is 216 Å². The molecule has 0 bridgehead atoms. The van der Waals surface area contributed by atoms with Crippen LogP contribution in [0.25, 0.3) is 0 Å². The third kappa shape index (κ3) is 41.3. The van der Waals surface area contributed by atoms with Crippen molar-refractivity contribution in [3.05, 3.63) is 0 Å². The number of unbranched alkanes of at least 4 members (excludes halogenated alkanes) is 8. The van der Waals surface area contributed by atoms with Gasteiger partial charge in [0, 0.05) is 58.6 Å². The Labute approximate surface area is 540 Å². The van der Waals surface area contributed by atoms with Crippen LogP contribution < -0.4 is 99.9 Å². The van der Waals surface area contributed by atoms with Crippen LogP contribution in [-0.4, -0.2) is 191 Å². The van der Waals surface area contributed by atoms with Gasteiger partial charge in [0.15, 0.2) is 23.8 Å². The monoisotopic (exact) mass is 1310 g/mol. The zero-order valence-corrected chi connectivity index (χ0v) is 54.0. The second-order valence-electron chi connectivity index (χ2n) is 22.5. The van der Waals surface area contributed by atoms with Crippen LogP contribution in [0.15, 0.2) is 20.0 Å². The van der Waals surface area contributed by atoms with Gasteiger partial charge in [0.05, 0.1) is 13.2 Å². The van der Waals surface area contributed by atoms with E-state index in [1.54, 1.807) is 0 Å². The Balaban J connectivity index is 3.75. The predicted molar refractivity (Wildman–Crippen MR) is 350 cm³/mol. The van der Waals surface area contributed by atoms with E-state index in [1.165, 1.54) is 6.42 Å². The van der Waals surface area contributed by atoms with E-state index in [0.717, 1.165) is 38.5 Å². The van der Waals surface area contributed by atoms with E-state index >= 15 is 0 Å². The van der Waals surface area contributed by atoms with Gasteiger partial charge in [-0.15, -0.1) is 0 Å². The molecular weight excluding hydrogens is 1200 g/mol. The van der Waals surface area contributed by atoms with Crippen LogP contribution >= 0.6 is 0 Å². The Kier molecular flexibility index (Phi) is 44.9. The van der Waals surface area contributed by atoms with Crippen molar-refractivity contribution in [3.63, 3.8) is 0 Å². The molecule has 1 heterocycles. The molecule has 1 unspecified atom stereocenters. The zero-order chi connectivity index (χ0) is 68.5. The van der Waals surface area contributed by atoms with Crippen LogP contribution in [0.2, 0.25) is 0 Å². The molecule has 524 valence electrons. The van der Waals surface area contributed by atoms with Gasteiger partial charge >= 0.3 is 0 Å². The first-order valence-corrected chi connectivity index (χ1v) is 32.2. The normalized spacial score (nSPS) is 18.5. The molecular formula is C58H110N22O12. The molecule has 9 amide bonds. The summed E-state index contributed by atoms with van der Waals surface area (Å²) in [6.45, 7) is 2.78. The SMILES string of the molecule is CCCCCCCCCC(=O)NCCCC[C@@H]1NC(=O)[C@H](CCC(=O)CCCOCCOCC(=O)NC(CCCCN)C(N)=O)NC(=O)[C@H](CCCN=C(N)N)NC(=O)[C@@H](CCCN=C(N)N)NC(=O)[C@H](CCCN=C(N)N)NC(=O)[C@@H](CCCN=C(N)N)NC1=O. The number of Topliss-reactive ketones (excluding diaryl/α,β-unsaturated/α-hetero) is 1. The number of aliphatic imine (C=N–C) groups is 4. The third-order valence-corrected chi connectivity index (χ3v) is 14.5. The largest absolute Gasteiger partial charge is 0.379 e. The highest BCUT2D eigenvalue weighted by Gasteiger charge is 2.35. The molecule has 1 aliphatic rings. The van der Waals surface area contributed by atoms with Crippen LogP contribution in [0.1, 0.15) is 174 Å². The van der Waals surface area contributed by atoms with Gasteiger partial charge in [-0.3, -0.25) is 67.9 Å². The zero-order valence-electron chi connectivity index (χ0n) is 54.0. The fourth-order valence-electron chi connectivity index (χ4n) is 9.49. The summed E-state index contributed by atoms with van der Waals surface area (Å²) >= 11 is 0. The summed E-state index contributed by atoms with van der Waals surface area (Å²) in [4.78, 5) is 154. The lowest BCUT2D eigenvalue weighted by Crippen LogP contribution is -2.61. The minimum atomic E-state index is -1.52. The summed E-state index contributed by atoms with van der Waals surface area (Å²) in [6, 6.07) is -9.36. The van der Waals surface area contributed by atoms with Crippen molar-refractivity contribution >= 4 is 82.8 Å². The van der Waals surface area contributed by atoms with E-state index in [-0.39, 0.29) is 185 Å². The van der Waals surface area contributed by atoms with E-state index < -0.39 is 89.6 Å². The number of carbonyl (C=O) groups excluding carboxylic acids is 10. The van der Waals surface area contributed by atoms with Crippen molar-refractivity contribution < 1.29 is 57.4 Å². The Morgan fingerprint density at radius 2 is 0.815 bits per heavy atom. The minimum absolute atomic E-state index is 0.0121. The van der Waals surface area contributed by atoms with Crippen LogP contribution in [0.3, 0.4) is 0 Å². The molecule has 0 aromatic carbocycles. The quantitative estimate of drug-likeness (QED) is 0.0156. The first-order chi connectivity index (χ1) is 44.0. The van der Waals surface area contributed by atoms with Crippen molar-refractivity contribution in [2.24, 2.45) is 77.3 Å². The van der Waals surface area contributed by atoms with Crippen LogP contribution in [0.5, 0.6) is 0 Å². The molecule has 0 aromatic heterocycles. The van der Waals surface area contributed by atoms with Gasteiger partial charge in [-0.25, -0.2) is 0 Å².